The van der Waals surface area contributed by atoms with E-state index in [1.807, 2.05) is 38.1 Å². The number of aryl methyl sites for hydroxylation is 1. The Morgan fingerprint density at radius 3 is 2.38 bits per heavy atom. The van der Waals surface area contributed by atoms with Crippen molar-refractivity contribution in [3.05, 3.63) is 65.4 Å². The van der Waals surface area contributed by atoms with Crippen molar-refractivity contribution in [2.75, 3.05) is 13.2 Å². The predicted molar refractivity (Wildman–Crippen MR) is 133 cm³/mol. The van der Waals surface area contributed by atoms with Gasteiger partial charge in [0.15, 0.2) is 5.78 Å². The van der Waals surface area contributed by atoms with Crippen molar-refractivity contribution < 1.29 is 23.8 Å². The van der Waals surface area contributed by atoms with Gasteiger partial charge < -0.3 is 19.2 Å². The van der Waals surface area contributed by atoms with Gasteiger partial charge in [-0.3, -0.25) is 9.59 Å². The molecule has 0 spiro atoms. The van der Waals surface area contributed by atoms with Crippen LogP contribution in [0.1, 0.15) is 68.6 Å². The maximum absolute atomic E-state index is 13.4. The molecule has 0 aliphatic carbocycles. The van der Waals surface area contributed by atoms with Crippen LogP contribution in [0.3, 0.4) is 0 Å². The number of benzene rings is 2. The average Bonchev–Trinajstić information content (AvgIpc) is 3.20. The number of aliphatic hydroxyl groups is 1. The number of nitrogens with zero attached hydrogens (tertiary/aromatic N) is 1. The first-order valence-corrected chi connectivity index (χ1v) is 12.1. The van der Waals surface area contributed by atoms with Gasteiger partial charge in [0, 0.05) is 30.0 Å². The summed E-state index contributed by atoms with van der Waals surface area (Å²) < 4.78 is 11.8. The third-order valence-electron chi connectivity index (χ3n) is 5.85. The Morgan fingerprint density at radius 1 is 1.03 bits per heavy atom. The Balaban J connectivity index is 1.65. The highest BCUT2D eigenvalue weighted by molar-refractivity contribution is 6.16. The highest BCUT2D eigenvalue weighted by Crippen LogP contribution is 2.29. The van der Waals surface area contributed by atoms with Crippen LogP contribution in [0.2, 0.25) is 0 Å². The summed E-state index contributed by atoms with van der Waals surface area (Å²) in [6.45, 7) is 8.38. The smallest absolute Gasteiger partial charge is 0.251 e. The molecule has 6 heteroatoms. The van der Waals surface area contributed by atoms with Gasteiger partial charge in [0.1, 0.15) is 23.2 Å². The predicted octanol–water partition coefficient (Wildman–Crippen LogP) is 5.39. The lowest BCUT2D eigenvalue weighted by Gasteiger charge is -2.28. The van der Waals surface area contributed by atoms with Crippen LogP contribution in [0, 0.1) is 0 Å². The molecule has 0 aliphatic rings. The maximum Gasteiger partial charge on any atom is 0.251 e. The minimum Gasteiger partial charge on any atom is -0.494 e. The summed E-state index contributed by atoms with van der Waals surface area (Å²) in [4.78, 5) is 27.1. The molecule has 34 heavy (non-hydrogen) atoms. The zero-order valence-corrected chi connectivity index (χ0v) is 20.5. The van der Waals surface area contributed by atoms with E-state index in [0.29, 0.717) is 36.4 Å². The summed E-state index contributed by atoms with van der Waals surface area (Å²) in [6, 6.07) is 14.8. The maximum atomic E-state index is 13.4. The minimum absolute atomic E-state index is 0.00798. The highest BCUT2D eigenvalue weighted by Gasteiger charge is 2.22. The molecule has 3 aromatic rings. The second kappa shape index (κ2) is 11.8. The van der Waals surface area contributed by atoms with Crippen molar-refractivity contribution in [1.29, 1.82) is 0 Å². The third-order valence-corrected chi connectivity index (χ3v) is 5.85. The number of rotatable bonds is 12. The molecule has 0 bridgehead atoms. The molecule has 0 radical (unpaired) electrons. The fourth-order valence-corrected chi connectivity index (χ4v) is 3.99. The van der Waals surface area contributed by atoms with Gasteiger partial charge in [-0.05, 0) is 63.9 Å². The van der Waals surface area contributed by atoms with Crippen LogP contribution in [0.15, 0.2) is 52.9 Å². The van der Waals surface area contributed by atoms with E-state index in [0.717, 1.165) is 36.0 Å². The number of carbonyl (C=O) groups excluding carboxylic acids is 2. The van der Waals surface area contributed by atoms with Gasteiger partial charge in [-0.1, -0.05) is 31.5 Å². The molecule has 182 valence electrons. The second-order valence-electron chi connectivity index (χ2n) is 8.86. The van der Waals surface area contributed by atoms with Crippen molar-refractivity contribution >= 4 is 22.7 Å². The topological polar surface area (TPSA) is 80.0 Å². The van der Waals surface area contributed by atoms with Gasteiger partial charge in [0.2, 0.25) is 0 Å². The molecule has 0 fully saturated rings. The molecule has 1 unspecified atom stereocenters. The highest BCUT2D eigenvalue weighted by atomic mass is 16.5. The first-order chi connectivity index (χ1) is 16.3. The van der Waals surface area contributed by atoms with Crippen LogP contribution in [0.5, 0.6) is 5.75 Å². The number of hydrogen-bond donors (Lipinski definition) is 1. The molecule has 0 aliphatic heterocycles. The minimum atomic E-state index is -1.01. The zero-order valence-electron chi connectivity index (χ0n) is 20.5. The molecule has 0 saturated carbocycles. The van der Waals surface area contributed by atoms with Gasteiger partial charge in [-0.2, -0.15) is 0 Å². The summed E-state index contributed by atoms with van der Waals surface area (Å²) in [7, 11) is 0. The number of furan rings is 1. The fourth-order valence-electron chi connectivity index (χ4n) is 3.99. The Hall–Kier alpha value is -3.12. The largest absolute Gasteiger partial charge is 0.494 e. The van der Waals surface area contributed by atoms with Crippen molar-refractivity contribution in [2.45, 2.75) is 65.5 Å². The number of para-hydroxylation sites is 1. The lowest BCUT2D eigenvalue weighted by atomic mass is 9.98. The summed E-state index contributed by atoms with van der Waals surface area (Å²) in [5.41, 5.74) is 1.97. The van der Waals surface area contributed by atoms with Gasteiger partial charge >= 0.3 is 0 Å². The van der Waals surface area contributed by atoms with Crippen molar-refractivity contribution in [3.63, 3.8) is 0 Å². The zero-order chi connectivity index (χ0) is 24.7. The summed E-state index contributed by atoms with van der Waals surface area (Å²) >= 11 is 0. The number of ketones is 1. The standard InChI is InChI=1S/C28H35NO5/c1-5-6-11-25-26(23-10-7-8-12-24(23)34-25)27(31)21-13-15-22(16-14-21)33-18-9-17-29(19(2)3)28(32)20(4)30/h7-8,10,12-16,19-20,30H,5-6,9,11,17-18H2,1-4H3. The normalized spacial score (nSPS) is 12.2. The van der Waals surface area contributed by atoms with E-state index in [-0.39, 0.29) is 17.7 Å². The van der Waals surface area contributed by atoms with Gasteiger partial charge in [0.05, 0.1) is 12.2 Å². The van der Waals surface area contributed by atoms with Gasteiger partial charge in [-0.25, -0.2) is 0 Å². The number of amides is 1. The van der Waals surface area contributed by atoms with E-state index in [1.54, 1.807) is 29.2 Å². The van der Waals surface area contributed by atoms with Crippen LogP contribution < -0.4 is 4.74 Å². The Morgan fingerprint density at radius 2 is 1.74 bits per heavy atom. The van der Waals surface area contributed by atoms with E-state index >= 15 is 0 Å². The number of fused-ring (bicyclic) bond motifs is 1. The van der Waals surface area contributed by atoms with Crippen molar-refractivity contribution in [1.82, 2.24) is 4.90 Å². The Bertz CT molecular complexity index is 1100. The first-order valence-electron chi connectivity index (χ1n) is 12.1. The first kappa shape index (κ1) is 25.5. The quantitative estimate of drug-likeness (QED) is 0.286. The lowest BCUT2D eigenvalue weighted by Crippen LogP contribution is -2.43. The number of unbranched alkanes of at least 4 members (excludes halogenated alkanes) is 1. The van der Waals surface area contributed by atoms with E-state index in [9.17, 15) is 14.7 Å². The van der Waals surface area contributed by atoms with Crippen LogP contribution >= 0.6 is 0 Å². The van der Waals surface area contributed by atoms with Crippen LogP contribution in [-0.2, 0) is 11.2 Å². The van der Waals surface area contributed by atoms with Crippen LogP contribution in [0.25, 0.3) is 11.0 Å². The van der Waals surface area contributed by atoms with E-state index < -0.39 is 6.10 Å². The van der Waals surface area contributed by atoms with Crippen LogP contribution in [-0.4, -0.2) is 47.0 Å². The average molecular weight is 466 g/mol. The third kappa shape index (κ3) is 6.06. The summed E-state index contributed by atoms with van der Waals surface area (Å²) in [5.74, 6) is 1.09. The van der Waals surface area contributed by atoms with E-state index in [2.05, 4.69) is 6.92 Å². The molecule has 1 N–H and O–H groups in total. The Labute approximate surface area is 201 Å². The lowest BCUT2D eigenvalue weighted by molar-refractivity contribution is -0.141. The molecule has 3 rings (SSSR count). The number of aliphatic hydroxyl groups excluding tert-OH is 1. The number of carbonyl (C=O) groups is 2. The molecule has 2 aromatic carbocycles. The second-order valence-corrected chi connectivity index (χ2v) is 8.86. The van der Waals surface area contributed by atoms with Crippen LogP contribution in [0.4, 0.5) is 0 Å². The Kier molecular flexibility index (Phi) is 8.88. The monoisotopic (exact) mass is 465 g/mol. The molecule has 1 atom stereocenters. The van der Waals surface area contributed by atoms with Gasteiger partial charge in [0.25, 0.3) is 5.91 Å². The molecular formula is C28H35NO5. The van der Waals surface area contributed by atoms with Gasteiger partial charge in [-0.15, -0.1) is 0 Å². The van der Waals surface area contributed by atoms with E-state index in [1.165, 1.54) is 6.92 Å². The number of hydrogen-bond acceptors (Lipinski definition) is 5. The summed E-state index contributed by atoms with van der Waals surface area (Å²) in [5, 5.41) is 10.4. The van der Waals surface area contributed by atoms with E-state index in [4.69, 9.17) is 9.15 Å². The number of ether oxygens (including phenoxy) is 1. The molecular weight excluding hydrogens is 430 g/mol. The van der Waals surface area contributed by atoms with Crippen molar-refractivity contribution in [2.24, 2.45) is 0 Å². The molecule has 6 nitrogen and oxygen atoms in total. The fraction of sp³-hybridized carbons (Fsp3) is 0.429. The molecule has 0 saturated heterocycles. The van der Waals surface area contributed by atoms with Crippen molar-refractivity contribution in [3.8, 4) is 5.75 Å². The summed E-state index contributed by atoms with van der Waals surface area (Å²) in [6.07, 6.45) is 2.35. The SMILES string of the molecule is CCCCc1oc2ccccc2c1C(=O)c1ccc(OCCCN(C(=O)C(C)O)C(C)C)cc1. The molecule has 1 heterocycles. The molecule has 1 amide bonds. The molecule has 1 aromatic heterocycles.